The third-order valence-corrected chi connectivity index (χ3v) is 3.61. The molecule has 12 heavy (non-hydrogen) atoms. The van der Waals surface area contributed by atoms with Crippen molar-refractivity contribution >= 4 is 0 Å². The van der Waals surface area contributed by atoms with Gasteiger partial charge in [0.25, 0.3) is 0 Å². The number of methoxy groups -OCH3 is 1. The van der Waals surface area contributed by atoms with Crippen LogP contribution in [-0.2, 0) is 4.74 Å². The van der Waals surface area contributed by atoms with Crippen LogP contribution in [0.4, 0.5) is 0 Å². The number of hydrogen-bond donors (Lipinski definition) is 1. The molecule has 0 bridgehead atoms. The van der Waals surface area contributed by atoms with Gasteiger partial charge in [0.05, 0.1) is 6.61 Å². The smallest absolute Gasteiger partial charge is 0.0545 e. The molecule has 0 radical (unpaired) electrons. The fourth-order valence-corrected chi connectivity index (χ4v) is 2.78. The maximum Gasteiger partial charge on any atom is 0.0545 e. The van der Waals surface area contributed by atoms with E-state index in [0.29, 0.717) is 5.41 Å². The van der Waals surface area contributed by atoms with Crippen LogP contribution in [0.3, 0.4) is 0 Å². The summed E-state index contributed by atoms with van der Waals surface area (Å²) in [6.45, 7) is 3.34. The van der Waals surface area contributed by atoms with E-state index < -0.39 is 0 Å². The van der Waals surface area contributed by atoms with Gasteiger partial charge in [0, 0.05) is 25.6 Å². The van der Waals surface area contributed by atoms with E-state index in [1.807, 2.05) is 7.11 Å². The first-order valence-electron chi connectivity index (χ1n) is 5.07. The van der Waals surface area contributed by atoms with Crippen molar-refractivity contribution in [2.75, 3.05) is 26.8 Å². The molecule has 2 heteroatoms. The zero-order valence-corrected chi connectivity index (χ0v) is 7.94. The Balaban J connectivity index is 1.95. The second-order valence-corrected chi connectivity index (χ2v) is 4.38. The Morgan fingerprint density at radius 2 is 2.00 bits per heavy atom. The lowest BCUT2D eigenvalue weighted by atomic mass is 9.70. The van der Waals surface area contributed by atoms with Crippen LogP contribution < -0.4 is 5.32 Å². The van der Waals surface area contributed by atoms with E-state index in [9.17, 15) is 0 Å². The molecule has 1 aliphatic carbocycles. The van der Waals surface area contributed by atoms with Crippen molar-refractivity contribution in [3.63, 3.8) is 0 Å². The van der Waals surface area contributed by atoms with Crippen LogP contribution in [-0.4, -0.2) is 26.8 Å². The summed E-state index contributed by atoms with van der Waals surface area (Å²) in [6.07, 6.45) is 5.75. The number of hydrogen-bond acceptors (Lipinski definition) is 2. The standard InChI is InChI=1S/C10H19NO/c1-12-8-10(6-11-7-10)9-4-2-3-5-9/h9,11H,2-8H2,1H3. The molecule has 1 aliphatic heterocycles. The summed E-state index contributed by atoms with van der Waals surface area (Å²) in [6, 6.07) is 0. The maximum absolute atomic E-state index is 5.32. The second kappa shape index (κ2) is 3.35. The molecule has 0 aromatic carbocycles. The van der Waals surface area contributed by atoms with Crippen LogP contribution in [0.2, 0.25) is 0 Å². The maximum atomic E-state index is 5.32. The van der Waals surface area contributed by atoms with Crippen molar-refractivity contribution in [2.24, 2.45) is 11.3 Å². The molecule has 0 amide bonds. The Hall–Kier alpha value is -0.0800. The highest BCUT2D eigenvalue weighted by Gasteiger charge is 2.44. The molecule has 0 atom stereocenters. The average molecular weight is 169 g/mol. The topological polar surface area (TPSA) is 21.3 Å². The Morgan fingerprint density at radius 3 is 2.42 bits per heavy atom. The summed E-state index contributed by atoms with van der Waals surface area (Å²) in [4.78, 5) is 0. The molecule has 2 aliphatic rings. The van der Waals surface area contributed by atoms with E-state index in [-0.39, 0.29) is 0 Å². The minimum absolute atomic E-state index is 0.519. The third-order valence-electron chi connectivity index (χ3n) is 3.61. The third kappa shape index (κ3) is 1.27. The van der Waals surface area contributed by atoms with Crippen molar-refractivity contribution in [1.29, 1.82) is 0 Å². The normalized spacial score (nSPS) is 28.8. The summed E-state index contributed by atoms with van der Waals surface area (Å²) in [5.41, 5.74) is 0.519. The van der Waals surface area contributed by atoms with Gasteiger partial charge in [-0.1, -0.05) is 12.8 Å². The van der Waals surface area contributed by atoms with Crippen LogP contribution in [0, 0.1) is 11.3 Å². The number of ether oxygens (including phenoxy) is 1. The summed E-state index contributed by atoms with van der Waals surface area (Å²) < 4.78 is 5.32. The zero-order valence-electron chi connectivity index (χ0n) is 7.94. The lowest BCUT2D eigenvalue weighted by Crippen LogP contribution is -2.59. The Morgan fingerprint density at radius 1 is 1.33 bits per heavy atom. The lowest BCUT2D eigenvalue weighted by molar-refractivity contribution is -0.00925. The van der Waals surface area contributed by atoms with Crippen LogP contribution in [0.5, 0.6) is 0 Å². The lowest BCUT2D eigenvalue weighted by Gasteiger charge is -2.46. The summed E-state index contributed by atoms with van der Waals surface area (Å²) >= 11 is 0. The highest BCUT2D eigenvalue weighted by atomic mass is 16.5. The first-order chi connectivity index (χ1) is 5.87. The molecule has 1 N–H and O–H groups in total. The first kappa shape index (κ1) is 8.52. The minimum Gasteiger partial charge on any atom is -0.384 e. The van der Waals surface area contributed by atoms with Gasteiger partial charge in [-0.25, -0.2) is 0 Å². The average Bonchev–Trinajstić information content (AvgIpc) is 2.48. The molecule has 1 saturated heterocycles. The molecule has 1 heterocycles. The van der Waals surface area contributed by atoms with Crippen molar-refractivity contribution < 1.29 is 4.74 Å². The number of rotatable bonds is 3. The minimum atomic E-state index is 0.519. The Kier molecular flexibility index (Phi) is 2.37. The van der Waals surface area contributed by atoms with Gasteiger partial charge in [-0.2, -0.15) is 0 Å². The Bertz CT molecular complexity index is 148. The Labute approximate surface area is 74.7 Å². The van der Waals surface area contributed by atoms with Crippen molar-refractivity contribution in [3.05, 3.63) is 0 Å². The molecule has 2 fully saturated rings. The van der Waals surface area contributed by atoms with Crippen molar-refractivity contribution in [3.8, 4) is 0 Å². The van der Waals surface area contributed by atoms with Gasteiger partial charge in [-0.3, -0.25) is 0 Å². The quantitative estimate of drug-likeness (QED) is 0.689. The summed E-state index contributed by atoms with van der Waals surface area (Å²) in [7, 11) is 1.83. The van der Waals surface area contributed by atoms with E-state index in [4.69, 9.17) is 4.74 Å². The monoisotopic (exact) mass is 169 g/mol. The van der Waals surface area contributed by atoms with E-state index in [1.54, 1.807) is 0 Å². The van der Waals surface area contributed by atoms with Crippen LogP contribution in [0.1, 0.15) is 25.7 Å². The summed E-state index contributed by atoms with van der Waals surface area (Å²) in [5, 5.41) is 3.38. The molecular weight excluding hydrogens is 150 g/mol. The van der Waals surface area contributed by atoms with E-state index in [2.05, 4.69) is 5.32 Å². The van der Waals surface area contributed by atoms with Gasteiger partial charge < -0.3 is 10.1 Å². The predicted molar refractivity (Wildman–Crippen MR) is 49.1 cm³/mol. The van der Waals surface area contributed by atoms with E-state index in [0.717, 1.165) is 12.5 Å². The van der Waals surface area contributed by atoms with Crippen LogP contribution in [0.15, 0.2) is 0 Å². The fraction of sp³-hybridized carbons (Fsp3) is 1.00. The van der Waals surface area contributed by atoms with Gasteiger partial charge in [0.15, 0.2) is 0 Å². The van der Waals surface area contributed by atoms with Gasteiger partial charge in [-0.15, -0.1) is 0 Å². The van der Waals surface area contributed by atoms with Gasteiger partial charge in [0.1, 0.15) is 0 Å². The molecule has 1 saturated carbocycles. The fourth-order valence-electron chi connectivity index (χ4n) is 2.78. The van der Waals surface area contributed by atoms with Crippen LogP contribution >= 0.6 is 0 Å². The first-order valence-corrected chi connectivity index (χ1v) is 5.07. The van der Waals surface area contributed by atoms with E-state index >= 15 is 0 Å². The van der Waals surface area contributed by atoms with Crippen molar-refractivity contribution in [2.45, 2.75) is 25.7 Å². The van der Waals surface area contributed by atoms with Gasteiger partial charge >= 0.3 is 0 Å². The highest BCUT2D eigenvalue weighted by molar-refractivity contribution is 4.98. The SMILES string of the molecule is COCC1(C2CCCC2)CNC1. The molecule has 70 valence electrons. The molecule has 2 rings (SSSR count). The predicted octanol–water partition coefficient (Wildman–Crippen LogP) is 1.41. The van der Waals surface area contributed by atoms with E-state index in [1.165, 1.54) is 38.8 Å². The molecule has 0 spiro atoms. The molecule has 2 nitrogen and oxygen atoms in total. The van der Waals surface area contributed by atoms with Crippen molar-refractivity contribution in [1.82, 2.24) is 5.32 Å². The molecular formula is C10H19NO. The zero-order chi connectivity index (χ0) is 8.44. The molecule has 0 unspecified atom stereocenters. The van der Waals surface area contributed by atoms with Crippen LogP contribution in [0.25, 0.3) is 0 Å². The highest BCUT2D eigenvalue weighted by Crippen LogP contribution is 2.42. The molecule has 0 aromatic heterocycles. The molecule has 0 aromatic rings. The number of nitrogens with one attached hydrogen (secondary N) is 1. The summed E-state index contributed by atoms with van der Waals surface area (Å²) in [5.74, 6) is 0.943. The van der Waals surface area contributed by atoms with Gasteiger partial charge in [-0.05, 0) is 18.8 Å². The van der Waals surface area contributed by atoms with Gasteiger partial charge in [0.2, 0.25) is 0 Å². The second-order valence-electron chi connectivity index (χ2n) is 4.38. The largest absolute Gasteiger partial charge is 0.384 e.